The molecular formula is C11H24ClNO2S. The number of hydrogen-bond donors (Lipinski definition) is 1. The van der Waals surface area contributed by atoms with Crippen molar-refractivity contribution in [3.8, 4) is 0 Å². The Bertz CT molecular complexity index is 255. The molecule has 0 spiro atoms. The van der Waals surface area contributed by atoms with Crippen molar-refractivity contribution in [3.05, 3.63) is 0 Å². The van der Waals surface area contributed by atoms with Gasteiger partial charge in [-0.05, 0) is 31.7 Å². The highest BCUT2D eigenvalue weighted by atomic mass is 35.5. The Labute approximate surface area is 105 Å². The summed E-state index contributed by atoms with van der Waals surface area (Å²) in [6.45, 7) is 5.46. The molecule has 0 saturated carbocycles. The van der Waals surface area contributed by atoms with Gasteiger partial charge in [-0.3, -0.25) is 0 Å². The quantitative estimate of drug-likeness (QED) is 0.488. The van der Waals surface area contributed by atoms with Gasteiger partial charge in [0.1, 0.15) is 0 Å². The first kappa shape index (κ1) is 16.2. The highest BCUT2D eigenvalue weighted by Crippen LogP contribution is 2.05. The van der Waals surface area contributed by atoms with Crippen molar-refractivity contribution >= 4 is 21.4 Å². The molecule has 3 nitrogen and oxygen atoms in total. The third-order valence-electron chi connectivity index (χ3n) is 2.42. The van der Waals surface area contributed by atoms with E-state index in [9.17, 15) is 8.42 Å². The van der Waals surface area contributed by atoms with Crippen LogP contribution in [0.25, 0.3) is 0 Å². The smallest absolute Gasteiger partial charge is 0.151 e. The Morgan fingerprint density at radius 1 is 1.25 bits per heavy atom. The number of nitrogens with one attached hydrogen (secondary N) is 1. The molecule has 0 rings (SSSR count). The molecule has 1 atom stereocenters. The molecule has 0 aliphatic rings. The van der Waals surface area contributed by atoms with Gasteiger partial charge in [0.25, 0.3) is 0 Å². The summed E-state index contributed by atoms with van der Waals surface area (Å²) in [5, 5.41) is 3.16. The number of halogens is 1. The largest absolute Gasteiger partial charge is 0.316 e. The minimum atomic E-state index is -2.82. The van der Waals surface area contributed by atoms with E-state index in [0.717, 1.165) is 19.4 Å². The average molecular weight is 270 g/mol. The van der Waals surface area contributed by atoms with Crippen LogP contribution in [-0.2, 0) is 9.84 Å². The summed E-state index contributed by atoms with van der Waals surface area (Å²) in [6.07, 6.45) is 2.86. The Morgan fingerprint density at radius 2 is 1.94 bits per heavy atom. The molecule has 0 amide bonds. The number of alkyl halides is 1. The first-order valence-corrected chi connectivity index (χ1v) is 8.34. The molecule has 0 fully saturated rings. The normalized spacial score (nSPS) is 13.9. The molecule has 0 saturated heterocycles. The van der Waals surface area contributed by atoms with Crippen LogP contribution in [0.4, 0.5) is 0 Å². The maximum absolute atomic E-state index is 11.4. The van der Waals surface area contributed by atoms with Crippen LogP contribution in [0.3, 0.4) is 0 Å². The number of sulfone groups is 1. The van der Waals surface area contributed by atoms with Crippen LogP contribution in [-0.4, -0.2) is 38.9 Å². The van der Waals surface area contributed by atoms with E-state index in [0.29, 0.717) is 30.5 Å². The predicted octanol–water partition coefficient (Wildman–Crippen LogP) is 2.06. The lowest BCUT2D eigenvalue weighted by molar-refractivity contribution is 0.535. The van der Waals surface area contributed by atoms with Gasteiger partial charge in [0, 0.05) is 18.2 Å². The van der Waals surface area contributed by atoms with Gasteiger partial charge in [-0.25, -0.2) is 8.42 Å². The van der Waals surface area contributed by atoms with Gasteiger partial charge in [-0.1, -0.05) is 13.8 Å². The summed E-state index contributed by atoms with van der Waals surface area (Å²) in [4.78, 5) is 0. The van der Waals surface area contributed by atoms with Gasteiger partial charge in [0.2, 0.25) is 0 Å². The lowest BCUT2D eigenvalue weighted by Crippen LogP contribution is -2.25. The predicted molar refractivity (Wildman–Crippen MR) is 70.9 cm³/mol. The fraction of sp³-hybridized carbons (Fsp3) is 1.00. The second-order valence-corrected chi connectivity index (χ2v) is 6.92. The first-order chi connectivity index (χ1) is 7.52. The zero-order valence-electron chi connectivity index (χ0n) is 10.3. The lowest BCUT2D eigenvalue weighted by atomic mass is 10.1. The molecule has 0 aliphatic heterocycles. The Kier molecular flexibility index (Phi) is 9.37. The maximum Gasteiger partial charge on any atom is 0.151 e. The molecule has 0 aliphatic carbocycles. The zero-order chi connectivity index (χ0) is 12.4. The van der Waals surface area contributed by atoms with Crippen molar-refractivity contribution in [3.63, 3.8) is 0 Å². The third kappa shape index (κ3) is 9.43. The van der Waals surface area contributed by atoms with Crippen molar-refractivity contribution in [2.24, 2.45) is 5.92 Å². The summed E-state index contributed by atoms with van der Waals surface area (Å²) in [7, 11) is -2.82. The second kappa shape index (κ2) is 9.25. The highest BCUT2D eigenvalue weighted by Gasteiger charge is 2.07. The SMILES string of the molecule is CCCS(=O)(=O)CCNCCCC(C)CCl. The zero-order valence-corrected chi connectivity index (χ0v) is 11.9. The minimum Gasteiger partial charge on any atom is -0.316 e. The minimum absolute atomic E-state index is 0.256. The van der Waals surface area contributed by atoms with Crippen molar-refractivity contribution < 1.29 is 8.42 Å². The van der Waals surface area contributed by atoms with Crippen LogP contribution in [0.5, 0.6) is 0 Å². The third-order valence-corrected chi connectivity index (χ3v) is 4.80. The van der Waals surface area contributed by atoms with Crippen molar-refractivity contribution in [1.82, 2.24) is 5.32 Å². The summed E-state index contributed by atoms with van der Waals surface area (Å²) < 4.78 is 22.7. The molecule has 0 bridgehead atoms. The van der Waals surface area contributed by atoms with E-state index in [-0.39, 0.29) is 5.75 Å². The van der Waals surface area contributed by atoms with Crippen molar-refractivity contribution in [2.45, 2.75) is 33.1 Å². The molecule has 0 aromatic carbocycles. The maximum atomic E-state index is 11.4. The molecule has 0 heterocycles. The van der Waals surface area contributed by atoms with Crippen LogP contribution >= 0.6 is 11.6 Å². The number of hydrogen-bond acceptors (Lipinski definition) is 3. The lowest BCUT2D eigenvalue weighted by Gasteiger charge is -2.08. The van der Waals surface area contributed by atoms with Gasteiger partial charge >= 0.3 is 0 Å². The Morgan fingerprint density at radius 3 is 2.50 bits per heavy atom. The molecule has 0 aromatic heterocycles. The van der Waals surface area contributed by atoms with Crippen molar-refractivity contribution in [2.75, 3.05) is 30.5 Å². The molecule has 16 heavy (non-hydrogen) atoms. The van der Waals surface area contributed by atoms with Crippen LogP contribution in [0.2, 0.25) is 0 Å². The topological polar surface area (TPSA) is 46.2 Å². The molecule has 0 radical (unpaired) electrons. The summed E-state index contributed by atoms with van der Waals surface area (Å²) >= 11 is 5.69. The molecule has 1 unspecified atom stereocenters. The number of rotatable bonds is 10. The monoisotopic (exact) mass is 269 g/mol. The fourth-order valence-electron chi connectivity index (χ4n) is 1.42. The van der Waals surface area contributed by atoms with Crippen LogP contribution in [0.1, 0.15) is 33.1 Å². The Balaban J connectivity index is 3.40. The van der Waals surface area contributed by atoms with E-state index in [1.54, 1.807) is 0 Å². The summed E-state index contributed by atoms with van der Waals surface area (Å²) in [5.41, 5.74) is 0. The van der Waals surface area contributed by atoms with Gasteiger partial charge in [-0.15, -0.1) is 11.6 Å². The van der Waals surface area contributed by atoms with Gasteiger partial charge in [-0.2, -0.15) is 0 Å². The summed E-state index contributed by atoms with van der Waals surface area (Å²) in [6, 6.07) is 0. The average Bonchev–Trinajstić information content (AvgIpc) is 2.22. The molecule has 5 heteroatoms. The van der Waals surface area contributed by atoms with E-state index in [2.05, 4.69) is 12.2 Å². The Hall–Kier alpha value is 0.200. The van der Waals surface area contributed by atoms with Gasteiger partial charge in [0.15, 0.2) is 9.84 Å². The standard InChI is InChI=1S/C11H24ClNO2S/c1-3-8-16(14,15)9-7-13-6-4-5-11(2)10-12/h11,13H,3-10H2,1-2H3. The molecule has 1 N–H and O–H groups in total. The van der Waals surface area contributed by atoms with E-state index >= 15 is 0 Å². The van der Waals surface area contributed by atoms with Gasteiger partial charge in [0.05, 0.1) is 5.75 Å². The molecule has 98 valence electrons. The molecular weight excluding hydrogens is 246 g/mol. The van der Waals surface area contributed by atoms with E-state index in [1.807, 2.05) is 6.92 Å². The first-order valence-electron chi connectivity index (χ1n) is 5.99. The molecule has 0 aromatic rings. The van der Waals surface area contributed by atoms with Crippen LogP contribution in [0.15, 0.2) is 0 Å². The summed E-state index contributed by atoms with van der Waals surface area (Å²) in [5.74, 6) is 1.81. The highest BCUT2D eigenvalue weighted by molar-refractivity contribution is 7.91. The van der Waals surface area contributed by atoms with Gasteiger partial charge < -0.3 is 5.32 Å². The van der Waals surface area contributed by atoms with Crippen LogP contribution < -0.4 is 5.32 Å². The fourth-order valence-corrected chi connectivity index (χ4v) is 2.85. The second-order valence-electron chi connectivity index (χ2n) is 4.30. The van der Waals surface area contributed by atoms with E-state index in [1.165, 1.54) is 0 Å². The van der Waals surface area contributed by atoms with E-state index < -0.39 is 9.84 Å². The van der Waals surface area contributed by atoms with E-state index in [4.69, 9.17) is 11.6 Å². The van der Waals surface area contributed by atoms with Crippen LogP contribution in [0, 0.1) is 5.92 Å². The van der Waals surface area contributed by atoms with Crippen molar-refractivity contribution in [1.29, 1.82) is 0 Å².